The Bertz CT molecular complexity index is 1000. The maximum Gasteiger partial charge on any atom is 0.390 e. The van der Waals surface area contributed by atoms with Crippen LogP contribution in [-0.4, -0.2) is 45.2 Å². The summed E-state index contributed by atoms with van der Waals surface area (Å²) in [4.78, 5) is 2.36. The lowest BCUT2D eigenvalue weighted by Gasteiger charge is -2.30. The monoisotopic (exact) mass is 454 g/mol. The van der Waals surface area contributed by atoms with Crippen LogP contribution >= 0.6 is 0 Å². The van der Waals surface area contributed by atoms with Gasteiger partial charge in [0.1, 0.15) is 11.9 Å². The Morgan fingerprint density at radius 2 is 1.71 bits per heavy atom. The average molecular weight is 455 g/mol. The molecule has 0 aromatic heterocycles. The minimum Gasteiger partial charge on any atom is -0.484 e. The maximum absolute atomic E-state index is 12.3. The molecule has 1 heterocycles. The molecule has 4 rings (SSSR count). The third-order valence-electron chi connectivity index (χ3n) is 5.85. The van der Waals surface area contributed by atoms with E-state index in [1.807, 2.05) is 16.9 Å². The number of ether oxygens (including phenoxy) is 1. The van der Waals surface area contributed by atoms with Crippen molar-refractivity contribution in [3.8, 4) is 5.75 Å². The summed E-state index contributed by atoms with van der Waals surface area (Å²) >= 11 is 0. The van der Waals surface area contributed by atoms with Crippen molar-refractivity contribution >= 4 is 10.0 Å². The number of halogens is 3. The predicted octanol–water partition coefficient (Wildman–Crippen LogP) is 4.06. The van der Waals surface area contributed by atoms with Crippen LogP contribution in [0.15, 0.2) is 53.4 Å². The highest BCUT2D eigenvalue weighted by molar-refractivity contribution is 7.89. The van der Waals surface area contributed by atoms with Gasteiger partial charge >= 0.3 is 6.18 Å². The Hall–Kier alpha value is -2.10. The second-order valence-corrected chi connectivity index (χ2v) is 9.75. The molecule has 168 valence electrons. The number of rotatable bonds is 7. The molecule has 31 heavy (non-hydrogen) atoms. The van der Waals surface area contributed by atoms with E-state index in [-0.39, 0.29) is 17.0 Å². The zero-order valence-electron chi connectivity index (χ0n) is 16.9. The van der Waals surface area contributed by atoms with Gasteiger partial charge in [-0.05, 0) is 67.7 Å². The molecule has 1 aliphatic heterocycles. The van der Waals surface area contributed by atoms with Crippen LogP contribution in [0.5, 0.6) is 5.75 Å². The summed E-state index contributed by atoms with van der Waals surface area (Å²) in [6.45, 7) is 1.39. The first-order chi connectivity index (χ1) is 14.7. The Labute approximate surface area is 180 Å². The lowest BCUT2D eigenvalue weighted by atomic mass is 10.1. The number of hydrogen-bond acceptors (Lipinski definition) is 4. The van der Waals surface area contributed by atoms with E-state index >= 15 is 0 Å². The highest BCUT2D eigenvalue weighted by Crippen LogP contribution is 2.39. The Kier molecular flexibility index (Phi) is 6.27. The van der Waals surface area contributed by atoms with Crippen LogP contribution in [0.25, 0.3) is 0 Å². The molecule has 2 unspecified atom stereocenters. The highest BCUT2D eigenvalue weighted by atomic mass is 32.2. The fourth-order valence-electron chi connectivity index (χ4n) is 4.33. The standard InChI is InChI=1S/C22H25F3N2O3S/c23-22(24,25)11-12-26-31(28,29)18-9-7-17(8-10-18)30-21-19-6-2-1-5-16(19)15-20(21)27-13-3-4-14-27/h1-2,5-10,20-21,26H,3-4,11-15H2. The minimum absolute atomic E-state index is 0.0926. The van der Waals surface area contributed by atoms with E-state index in [4.69, 9.17) is 4.74 Å². The fourth-order valence-corrected chi connectivity index (χ4v) is 5.36. The third-order valence-corrected chi connectivity index (χ3v) is 7.32. The lowest BCUT2D eigenvalue weighted by molar-refractivity contribution is -0.132. The van der Waals surface area contributed by atoms with Gasteiger partial charge in [0, 0.05) is 6.54 Å². The number of nitrogens with one attached hydrogen (secondary N) is 1. The Morgan fingerprint density at radius 1 is 1.03 bits per heavy atom. The summed E-state index contributed by atoms with van der Waals surface area (Å²) in [6.07, 6.45) is -2.52. The molecule has 1 N–H and O–H groups in total. The number of nitrogens with zero attached hydrogens (tertiary/aromatic N) is 1. The molecule has 2 aromatic carbocycles. The van der Waals surface area contributed by atoms with E-state index in [0.29, 0.717) is 5.75 Å². The molecular formula is C22H25F3N2O3S. The second kappa shape index (κ2) is 8.80. The minimum atomic E-state index is -4.41. The molecule has 0 amide bonds. The molecule has 0 radical (unpaired) electrons. The van der Waals surface area contributed by atoms with E-state index < -0.39 is 29.2 Å². The number of sulfonamides is 1. The van der Waals surface area contributed by atoms with Gasteiger partial charge in [0.2, 0.25) is 10.0 Å². The SMILES string of the molecule is O=S(=O)(NCCC(F)(F)F)c1ccc(OC2c3ccccc3CC2N2CCCC2)cc1. The summed E-state index contributed by atoms with van der Waals surface area (Å²) in [6, 6.07) is 14.3. The summed E-state index contributed by atoms with van der Waals surface area (Å²) in [5, 5.41) is 0. The van der Waals surface area contributed by atoms with Crippen molar-refractivity contribution in [3.05, 3.63) is 59.7 Å². The van der Waals surface area contributed by atoms with Crippen molar-refractivity contribution in [1.82, 2.24) is 9.62 Å². The molecule has 2 aliphatic rings. The van der Waals surface area contributed by atoms with Gasteiger partial charge in [-0.25, -0.2) is 13.1 Å². The predicted molar refractivity (Wildman–Crippen MR) is 110 cm³/mol. The van der Waals surface area contributed by atoms with Gasteiger partial charge in [-0.1, -0.05) is 24.3 Å². The van der Waals surface area contributed by atoms with Gasteiger partial charge in [0.05, 0.1) is 17.4 Å². The molecule has 9 heteroatoms. The molecule has 1 fully saturated rings. The number of likely N-dealkylation sites (tertiary alicyclic amines) is 1. The molecule has 0 saturated carbocycles. The molecule has 1 saturated heterocycles. The van der Waals surface area contributed by atoms with Crippen LogP contribution in [0.1, 0.15) is 36.5 Å². The summed E-state index contributed by atoms with van der Waals surface area (Å²) < 4.78 is 69.6. The molecule has 1 aliphatic carbocycles. The first-order valence-electron chi connectivity index (χ1n) is 10.4. The summed E-state index contributed by atoms with van der Waals surface area (Å²) in [5.41, 5.74) is 2.40. The summed E-state index contributed by atoms with van der Waals surface area (Å²) in [7, 11) is -4.01. The van der Waals surface area contributed by atoms with Crippen LogP contribution in [0.3, 0.4) is 0 Å². The van der Waals surface area contributed by atoms with Gasteiger partial charge < -0.3 is 4.74 Å². The molecule has 2 aromatic rings. The topological polar surface area (TPSA) is 58.6 Å². The second-order valence-electron chi connectivity index (χ2n) is 7.99. The molecular weight excluding hydrogens is 429 g/mol. The molecule has 0 bridgehead atoms. The van der Waals surface area contributed by atoms with Crippen LogP contribution in [0.4, 0.5) is 13.2 Å². The number of hydrogen-bond donors (Lipinski definition) is 1. The number of alkyl halides is 3. The van der Waals surface area contributed by atoms with E-state index in [1.165, 1.54) is 30.5 Å². The lowest BCUT2D eigenvalue weighted by Crippen LogP contribution is -2.38. The smallest absolute Gasteiger partial charge is 0.390 e. The quantitative estimate of drug-likeness (QED) is 0.686. The van der Waals surface area contributed by atoms with E-state index in [9.17, 15) is 21.6 Å². The zero-order valence-corrected chi connectivity index (χ0v) is 17.8. The normalized spacial score (nSPS) is 21.9. The van der Waals surface area contributed by atoms with Crippen LogP contribution in [-0.2, 0) is 16.4 Å². The first kappa shape index (κ1) is 22.1. The van der Waals surface area contributed by atoms with Crippen molar-refractivity contribution in [1.29, 1.82) is 0 Å². The largest absolute Gasteiger partial charge is 0.484 e. The van der Waals surface area contributed by atoms with Crippen molar-refractivity contribution < 1.29 is 26.3 Å². The fraction of sp³-hybridized carbons (Fsp3) is 0.455. The molecule has 5 nitrogen and oxygen atoms in total. The summed E-state index contributed by atoms with van der Waals surface area (Å²) in [5.74, 6) is 0.528. The van der Waals surface area contributed by atoms with Crippen molar-refractivity contribution in [2.24, 2.45) is 0 Å². The molecule has 2 atom stereocenters. The van der Waals surface area contributed by atoms with Crippen LogP contribution in [0.2, 0.25) is 0 Å². The first-order valence-corrected chi connectivity index (χ1v) is 11.9. The van der Waals surface area contributed by atoms with Crippen molar-refractivity contribution in [2.75, 3.05) is 19.6 Å². The van der Waals surface area contributed by atoms with E-state index in [0.717, 1.165) is 25.1 Å². The highest BCUT2D eigenvalue weighted by Gasteiger charge is 2.38. The van der Waals surface area contributed by atoms with Gasteiger partial charge in [0.15, 0.2) is 0 Å². The Balaban J connectivity index is 1.47. The maximum atomic E-state index is 12.3. The Morgan fingerprint density at radius 3 is 2.39 bits per heavy atom. The van der Waals surface area contributed by atoms with Gasteiger partial charge in [-0.3, -0.25) is 4.90 Å². The molecule has 0 spiro atoms. The van der Waals surface area contributed by atoms with Crippen molar-refractivity contribution in [2.45, 2.75) is 48.9 Å². The number of benzene rings is 2. The van der Waals surface area contributed by atoms with Gasteiger partial charge in [-0.2, -0.15) is 13.2 Å². The van der Waals surface area contributed by atoms with Gasteiger partial charge in [0.25, 0.3) is 0 Å². The average Bonchev–Trinajstić information content (AvgIpc) is 3.36. The van der Waals surface area contributed by atoms with E-state index in [1.54, 1.807) is 12.1 Å². The van der Waals surface area contributed by atoms with Gasteiger partial charge in [-0.15, -0.1) is 0 Å². The van der Waals surface area contributed by atoms with Crippen LogP contribution < -0.4 is 9.46 Å². The third kappa shape index (κ3) is 5.22. The number of fused-ring (bicyclic) bond motifs is 1. The zero-order chi connectivity index (χ0) is 22.1. The van der Waals surface area contributed by atoms with E-state index in [2.05, 4.69) is 17.0 Å². The van der Waals surface area contributed by atoms with Crippen LogP contribution in [0, 0.1) is 0 Å². The van der Waals surface area contributed by atoms with Crippen molar-refractivity contribution in [3.63, 3.8) is 0 Å².